The van der Waals surface area contributed by atoms with Crippen molar-refractivity contribution in [3.05, 3.63) is 82.9 Å². The van der Waals surface area contributed by atoms with Gasteiger partial charge in [0, 0.05) is 24.3 Å². The topological polar surface area (TPSA) is 122 Å². The largest absolute Gasteiger partial charge is 0.484 e. The van der Waals surface area contributed by atoms with E-state index in [2.05, 4.69) is 10.0 Å². The summed E-state index contributed by atoms with van der Waals surface area (Å²) < 4.78 is 57.6. The highest BCUT2D eigenvalue weighted by molar-refractivity contribution is 7.92. The Labute approximate surface area is 216 Å². The summed E-state index contributed by atoms with van der Waals surface area (Å²) in [6, 6.07) is 17.4. The molecule has 0 spiro atoms. The second kappa shape index (κ2) is 11.3. The van der Waals surface area contributed by atoms with Gasteiger partial charge in [-0.2, -0.15) is 0 Å². The van der Waals surface area contributed by atoms with Gasteiger partial charge in [-0.1, -0.05) is 29.8 Å². The number of hydrogen-bond donors (Lipinski definition) is 2. The van der Waals surface area contributed by atoms with Crippen LogP contribution in [0.3, 0.4) is 0 Å². The predicted octanol–water partition coefficient (Wildman–Crippen LogP) is 3.86. The molecule has 0 fully saturated rings. The maximum Gasteiger partial charge on any atom is 0.262 e. The Bertz CT molecular complexity index is 1440. The lowest BCUT2D eigenvalue weighted by atomic mass is 10.2. The van der Waals surface area contributed by atoms with Crippen LogP contribution < -0.4 is 14.8 Å². The molecule has 0 saturated heterocycles. The fourth-order valence-electron chi connectivity index (χ4n) is 3.04. The van der Waals surface area contributed by atoms with E-state index in [0.717, 1.165) is 17.4 Å². The summed E-state index contributed by atoms with van der Waals surface area (Å²) in [4.78, 5) is 12.3. The minimum Gasteiger partial charge on any atom is -0.484 e. The van der Waals surface area contributed by atoms with Crippen LogP contribution in [-0.2, 0) is 31.4 Å². The third kappa shape index (κ3) is 7.69. The fraction of sp³-hybridized carbons (Fsp3) is 0.208. The van der Waals surface area contributed by atoms with Crippen molar-refractivity contribution >= 4 is 48.9 Å². The van der Waals surface area contributed by atoms with Crippen LogP contribution in [0.25, 0.3) is 0 Å². The molecule has 0 aromatic heterocycles. The summed E-state index contributed by atoms with van der Waals surface area (Å²) in [6.45, 7) is 1.72. The maximum absolute atomic E-state index is 12.7. The molecular formula is C24H26ClN3O6S2. The van der Waals surface area contributed by atoms with Gasteiger partial charge in [0.25, 0.3) is 15.9 Å². The maximum atomic E-state index is 12.7. The minimum atomic E-state index is -3.85. The number of amides is 1. The summed E-state index contributed by atoms with van der Waals surface area (Å²) in [5, 5.41) is 3.05. The molecule has 0 aliphatic rings. The van der Waals surface area contributed by atoms with Crippen LogP contribution in [0.4, 0.5) is 11.4 Å². The molecule has 12 heteroatoms. The number of aryl methyl sites for hydroxylation is 1. The molecule has 0 heterocycles. The molecule has 3 aromatic carbocycles. The number of halogens is 1. The molecule has 0 aliphatic carbocycles. The first-order valence-electron chi connectivity index (χ1n) is 10.7. The van der Waals surface area contributed by atoms with Gasteiger partial charge in [0.15, 0.2) is 6.61 Å². The second-order valence-corrected chi connectivity index (χ2v) is 12.3. The molecule has 9 nitrogen and oxygen atoms in total. The zero-order valence-corrected chi connectivity index (χ0v) is 22.2. The molecule has 0 radical (unpaired) electrons. The molecule has 2 N–H and O–H groups in total. The van der Waals surface area contributed by atoms with Crippen LogP contribution in [0.1, 0.15) is 11.1 Å². The molecule has 1 amide bonds. The first kappa shape index (κ1) is 27.5. The Hall–Kier alpha value is -3.12. The number of nitrogens with one attached hydrogen (secondary N) is 2. The molecule has 36 heavy (non-hydrogen) atoms. The molecular weight excluding hydrogens is 526 g/mol. The van der Waals surface area contributed by atoms with Crippen molar-refractivity contribution in [3.8, 4) is 5.75 Å². The molecule has 0 bridgehead atoms. The number of benzene rings is 3. The van der Waals surface area contributed by atoms with Gasteiger partial charge >= 0.3 is 0 Å². The first-order chi connectivity index (χ1) is 16.8. The number of nitrogens with zero attached hydrogens (tertiary/aromatic N) is 1. The number of rotatable bonds is 10. The molecule has 0 aliphatic heterocycles. The second-order valence-electron chi connectivity index (χ2n) is 8.09. The number of hydrogen-bond acceptors (Lipinski definition) is 6. The first-order valence-corrected chi connectivity index (χ1v) is 14.4. The van der Waals surface area contributed by atoms with Gasteiger partial charge in [-0.05, 0) is 66.6 Å². The summed E-state index contributed by atoms with van der Waals surface area (Å²) in [6.07, 6.45) is 1.13. The van der Waals surface area contributed by atoms with E-state index in [1.54, 1.807) is 43.3 Å². The van der Waals surface area contributed by atoms with Crippen molar-refractivity contribution in [3.63, 3.8) is 0 Å². The van der Waals surface area contributed by atoms with Crippen LogP contribution in [-0.4, -0.2) is 47.0 Å². The van der Waals surface area contributed by atoms with Gasteiger partial charge in [-0.15, -0.1) is 0 Å². The van der Waals surface area contributed by atoms with E-state index in [1.807, 2.05) is 0 Å². The van der Waals surface area contributed by atoms with E-state index in [9.17, 15) is 21.6 Å². The Morgan fingerprint density at radius 2 is 1.61 bits per heavy atom. The lowest BCUT2D eigenvalue weighted by molar-refractivity contribution is -0.118. The molecule has 0 unspecified atom stereocenters. The van der Waals surface area contributed by atoms with Crippen molar-refractivity contribution in [1.82, 2.24) is 4.31 Å². The predicted molar refractivity (Wildman–Crippen MR) is 140 cm³/mol. The van der Waals surface area contributed by atoms with Crippen LogP contribution in [0.15, 0.2) is 71.6 Å². The van der Waals surface area contributed by atoms with E-state index in [4.69, 9.17) is 16.3 Å². The Kier molecular flexibility index (Phi) is 8.62. The SMILES string of the molecule is Cc1ccc(Cl)cc1NS(=O)(=O)c1ccc(NC(=O)COc2ccc(CN(C)S(C)(=O)=O)cc2)cc1. The standard InChI is InChI=1S/C24H26ClN3O6S2/c1-17-4-7-19(25)14-23(17)27-36(32,33)22-12-8-20(9-13-22)26-24(29)16-34-21-10-5-18(6-11-21)15-28(2)35(3,30)31/h4-14,27H,15-16H2,1-3H3,(H,26,29). The smallest absolute Gasteiger partial charge is 0.262 e. The molecule has 0 atom stereocenters. The summed E-state index contributed by atoms with van der Waals surface area (Å²) in [5.74, 6) is 0.0129. The van der Waals surface area contributed by atoms with E-state index < -0.39 is 26.0 Å². The van der Waals surface area contributed by atoms with Crippen molar-refractivity contribution in [1.29, 1.82) is 0 Å². The number of carbonyl (C=O) groups is 1. The lowest BCUT2D eigenvalue weighted by Crippen LogP contribution is -2.24. The Balaban J connectivity index is 1.54. The monoisotopic (exact) mass is 551 g/mol. The van der Waals surface area contributed by atoms with Crippen LogP contribution in [0, 0.1) is 6.92 Å². The highest BCUT2D eigenvalue weighted by Crippen LogP contribution is 2.24. The quantitative estimate of drug-likeness (QED) is 0.394. The Morgan fingerprint density at radius 1 is 0.972 bits per heavy atom. The molecule has 0 saturated carbocycles. The van der Waals surface area contributed by atoms with Crippen molar-refractivity contribution in [2.75, 3.05) is 29.9 Å². The minimum absolute atomic E-state index is 0.0257. The van der Waals surface area contributed by atoms with Gasteiger partial charge in [-0.25, -0.2) is 21.1 Å². The van der Waals surface area contributed by atoms with Gasteiger partial charge in [0.05, 0.1) is 16.8 Å². The molecule has 3 rings (SSSR count). The van der Waals surface area contributed by atoms with Gasteiger partial charge in [-0.3, -0.25) is 9.52 Å². The van der Waals surface area contributed by atoms with Crippen LogP contribution in [0.2, 0.25) is 5.02 Å². The van der Waals surface area contributed by atoms with E-state index >= 15 is 0 Å². The summed E-state index contributed by atoms with van der Waals surface area (Å²) >= 11 is 5.96. The lowest BCUT2D eigenvalue weighted by Gasteiger charge is -2.14. The van der Waals surface area contributed by atoms with Gasteiger partial charge in [0.2, 0.25) is 10.0 Å². The van der Waals surface area contributed by atoms with Crippen molar-refractivity contribution < 1.29 is 26.4 Å². The van der Waals surface area contributed by atoms with E-state index in [1.165, 1.54) is 41.7 Å². The zero-order chi connectivity index (χ0) is 26.5. The highest BCUT2D eigenvalue weighted by atomic mass is 35.5. The average molecular weight is 552 g/mol. The zero-order valence-electron chi connectivity index (χ0n) is 19.9. The summed E-state index contributed by atoms with van der Waals surface area (Å²) in [5.41, 5.74) is 2.28. The van der Waals surface area contributed by atoms with Crippen LogP contribution in [0.5, 0.6) is 5.75 Å². The number of sulfonamides is 2. The van der Waals surface area contributed by atoms with Gasteiger partial charge < -0.3 is 10.1 Å². The molecule has 192 valence electrons. The molecule has 3 aromatic rings. The van der Waals surface area contributed by atoms with Gasteiger partial charge in [0.1, 0.15) is 5.75 Å². The number of ether oxygens (including phenoxy) is 1. The van der Waals surface area contributed by atoms with E-state index in [0.29, 0.717) is 22.1 Å². The van der Waals surface area contributed by atoms with E-state index in [-0.39, 0.29) is 18.0 Å². The average Bonchev–Trinajstić information content (AvgIpc) is 2.80. The fourth-order valence-corrected chi connectivity index (χ4v) is 4.71. The third-order valence-corrected chi connectivity index (χ3v) is 8.03. The highest BCUT2D eigenvalue weighted by Gasteiger charge is 2.16. The van der Waals surface area contributed by atoms with Crippen molar-refractivity contribution in [2.24, 2.45) is 0 Å². The number of anilines is 2. The van der Waals surface area contributed by atoms with Crippen LogP contribution >= 0.6 is 11.6 Å². The number of carbonyl (C=O) groups excluding carboxylic acids is 1. The third-order valence-electron chi connectivity index (χ3n) is 5.16. The van der Waals surface area contributed by atoms with Crippen molar-refractivity contribution in [2.45, 2.75) is 18.4 Å². The normalized spacial score (nSPS) is 11.8. The Morgan fingerprint density at radius 3 is 2.22 bits per heavy atom. The summed E-state index contributed by atoms with van der Waals surface area (Å²) in [7, 11) is -5.64.